The summed E-state index contributed by atoms with van der Waals surface area (Å²) in [7, 11) is 1.14. The van der Waals surface area contributed by atoms with E-state index in [1.54, 1.807) is 0 Å². The van der Waals surface area contributed by atoms with Crippen molar-refractivity contribution in [1.29, 1.82) is 0 Å². The van der Waals surface area contributed by atoms with Crippen molar-refractivity contribution in [3.63, 3.8) is 0 Å². The number of hydrogen-bond acceptors (Lipinski definition) is 4. The lowest BCUT2D eigenvalue weighted by Crippen LogP contribution is -2.00. The van der Waals surface area contributed by atoms with Gasteiger partial charge < -0.3 is 9.47 Å². The fourth-order valence-corrected chi connectivity index (χ4v) is 2.49. The number of benzene rings is 1. The average molecular weight is 285 g/mol. The lowest BCUT2D eigenvalue weighted by atomic mass is 10.1. The van der Waals surface area contributed by atoms with Crippen molar-refractivity contribution in [2.75, 3.05) is 6.79 Å². The lowest BCUT2D eigenvalue weighted by molar-refractivity contribution is 0.149. The Hall–Kier alpha value is -1.08. The predicted octanol–water partition coefficient (Wildman–Crippen LogP) is 2.42. The van der Waals surface area contributed by atoms with Crippen molar-refractivity contribution in [3.8, 4) is 11.5 Å². The number of fused-ring (bicyclic) bond motifs is 1. The van der Waals surface area contributed by atoms with Gasteiger partial charge in [0.1, 0.15) is 0 Å². The molecule has 0 saturated heterocycles. The van der Waals surface area contributed by atoms with Crippen LogP contribution in [0.3, 0.4) is 0 Å². The second-order valence-corrected chi connectivity index (χ2v) is 6.17. The van der Waals surface area contributed by atoms with Crippen molar-refractivity contribution in [1.82, 2.24) is 0 Å². The van der Waals surface area contributed by atoms with Gasteiger partial charge in [0.05, 0.1) is 5.75 Å². The zero-order valence-electron chi connectivity index (χ0n) is 8.32. The van der Waals surface area contributed by atoms with Gasteiger partial charge in [-0.25, -0.2) is 17.2 Å². The maximum absolute atomic E-state index is 12.7. The molecule has 94 valence electrons. The SMILES string of the molecule is O=S(=O)(Cl)Cc1cc2c(cc1C(F)F)OCO2. The molecule has 0 radical (unpaired) electrons. The number of halogens is 3. The van der Waals surface area contributed by atoms with E-state index < -0.39 is 26.8 Å². The zero-order valence-corrected chi connectivity index (χ0v) is 9.89. The highest BCUT2D eigenvalue weighted by molar-refractivity contribution is 8.13. The molecule has 4 nitrogen and oxygen atoms in total. The van der Waals surface area contributed by atoms with Crippen LogP contribution >= 0.6 is 10.7 Å². The normalized spacial score (nSPS) is 14.4. The molecular formula is C9H7ClF2O4S. The third-order valence-electron chi connectivity index (χ3n) is 2.20. The van der Waals surface area contributed by atoms with E-state index in [2.05, 4.69) is 0 Å². The van der Waals surface area contributed by atoms with Crippen LogP contribution in [0.15, 0.2) is 12.1 Å². The van der Waals surface area contributed by atoms with E-state index in [4.69, 9.17) is 20.2 Å². The smallest absolute Gasteiger partial charge is 0.264 e. The summed E-state index contributed by atoms with van der Waals surface area (Å²) in [4.78, 5) is 0. The Morgan fingerprint density at radius 1 is 1.29 bits per heavy atom. The minimum atomic E-state index is -3.91. The highest BCUT2D eigenvalue weighted by atomic mass is 35.7. The van der Waals surface area contributed by atoms with E-state index in [-0.39, 0.29) is 23.9 Å². The topological polar surface area (TPSA) is 52.6 Å². The molecule has 1 aliphatic rings. The monoisotopic (exact) mass is 284 g/mol. The largest absolute Gasteiger partial charge is 0.454 e. The van der Waals surface area contributed by atoms with Crippen molar-refractivity contribution in [2.24, 2.45) is 0 Å². The Morgan fingerprint density at radius 2 is 1.88 bits per heavy atom. The summed E-state index contributed by atoms with van der Waals surface area (Å²) in [6, 6.07) is 2.29. The first-order valence-electron chi connectivity index (χ1n) is 4.50. The van der Waals surface area contributed by atoms with E-state index in [0.717, 1.165) is 6.07 Å². The molecule has 0 bridgehead atoms. The van der Waals surface area contributed by atoms with Crippen LogP contribution in [0.5, 0.6) is 11.5 Å². The summed E-state index contributed by atoms with van der Waals surface area (Å²) in [6.45, 7) is -0.0743. The fraction of sp³-hybridized carbons (Fsp3) is 0.333. The summed E-state index contributed by atoms with van der Waals surface area (Å²) in [6.07, 6.45) is -2.81. The van der Waals surface area contributed by atoms with Gasteiger partial charge in [-0.3, -0.25) is 0 Å². The Bertz CT molecular complexity index is 544. The first-order valence-corrected chi connectivity index (χ1v) is 6.97. The van der Waals surface area contributed by atoms with Crippen LogP contribution in [-0.2, 0) is 14.8 Å². The van der Waals surface area contributed by atoms with Gasteiger partial charge in [0.15, 0.2) is 11.5 Å². The van der Waals surface area contributed by atoms with Gasteiger partial charge in [0, 0.05) is 16.2 Å². The van der Waals surface area contributed by atoms with Crippen LogP contribution in [0.4, 0.5) is 8.78 Å². The molecule has 0 amide bonds. The fourth-order valence-electron chi connectivity index (χ4n) is 1.51. The third-order valence-corrected chi connectivity index (χ3v) is 3.18. The van der Waals surface area contributed by atoms with Crippen molar-refractivity contribution in [3.05, 3.63) is 23.3 Å². The number of hydrogen-bond donors (Lipinski definition) is 0. The number of rotatable bonds is 3. The lowest BCUT2D eigenvalue weighted by Gasteiger charge is -2.08. The predicted molar refractivity (Wildman–Crippen MR) is 56.0 cm³/mol. The molecule has 0 spiro atoms. The number of ether oxygens (including phenoxy) is 2. The second kappa shape index (κ2) is 4.30. The van der Waals surface area contributed by atoms with E-state index in [0.29, 0.717) is 0 Å². The van der Waals surface area contributed by atoms with E-state index in [9.17, 15) is 17.2 Å². The molecule has 0 N–H and O–H groups in total. The van der Waals surface area contributed by atoms with Crippen LogP contribution in [0.2, 0.25) is 0 Å². The minimum absolute atomic E-state index is 0.0743. The van der Waals surface area contributed by atoms with Crippen LogP contribution < -0.4 is 9.47 Å². The molecule has 2 rings (SSSR count). The van der Waals surface area contributed by atoms with Gasteiger partial charge in [-0.05, 0) is 17.7 Å². The van der Waals surface area contributed by atoms with Crippen LogP contribution in [0.25, 0.3) is 0 Å². The van der Waals surface area contributed by atoms with Gasteiger partial charge in [-0.2, -0.15) is 0 Å². The average Bonchev–Trinajstić information content (AvgIpc) is 2.60. The molecule has 17 heavy (non-hydrogen) atoms. The summed E-state index contributed by atoms with van der Waals surface area (Å²) < 4.78 is 57.2. The first kappa shape index (κ1) is 12.4. The maximum atomic E-state index is 12.7. The quantitative estimate of drug-likeness (QED) is 0.800. The van der Waals surface area contributed by atoms with Crippen molar-refractivity contribution >= 4 is 19.7 Å². The Labute approximate surface area is 101 Å². The maximum Gasteiger partial charge on any atom is 0.264 e. The standard InChI is InChI=1S/C9H7ClF2O4S/c10-17(13,14)3-5-1-7-8(16-4-15-7)2-6(5)9(11)12/h1-2,9H,3-4H2. The molecule has 1 heterocycles. The van der Waals surface area contributed by atoms with E-state index >= 15 is 0 Å². The molecule has 0 fully saturated rings. The van der Waals surface area contributed by atoms with E-state index in [1.807, 2.05) is 0 Å². The summed E-state index contributed by atoms with van der Waals surface area (Å²) >= 11 is 0. The van der Waals surface area contributed by atoms with Crippen LogP contribution in [0.1, 0.15) is 17.6 Å². The summed E-state index contributed by atoms with van der Waals surface area (Å²) in [5.41, 5.74) is -0.502. The van der Waals surface area contributed by atoms with Gasteiger partial charge in [0.2, 0.25) is 15.8 Å². The zero-order chi connectivity index (χ0) is 12.6. The second-order valence-electron chi connectivity index (χ2n) is 3.39. The molecule has 8 heteroatoms. The summed E-state index contributed by atoms with van der Waals surface area (Å²) in [5.74, 6) is -0.258. The first-order chi connectivity index (χ1) is 7.87. The third kappa shape index (κ3) is 2.78. The summed E-state index contributed by atoms with van der Waals surface area (Å²) in [5, 5.41) is 0. The Balaban J connectivity index is 2.49. The molecule has 1 aromatic rings. The molecule has 0 unspecified atom stereocenters. The molecule has 0 aromatic heterocycles. The van der Waals surface area contributed by atoms with Crippen LogP contribution in [-0.4, -0.2) is 15.2 Å². The Morgan fingerprint density at radius 3 is 2.41 bits per heavy atom. The molecule has 1 aliphatic heterocycles. The van der Waals surface area contributed by atoms with Crippen LogP contribution in [0, 0.1) is 0 Å². The van der Waals surface area contributed by atoms with Crippen molar-refractivity contribution < 1.29 is 26.7 Å². The Kier molecular flexibility index (Phi) is 3.13. The van der Waals surface area contributed by atoms with Crippen molar-refractivity contribution in [2.45, 2.75) is 12.2 Å². The molecule has 1 aromatic carbocycles. The molecular weight excluding hydrogens is 278 g/mol. The highest BCUT2D eigenvalue weighted by Gasteiger charge is 2.23. The van der Waals surface area contributed by atoms with Gasteiger partial charge in [-0.1, -0.05) is 0 Å². The molecule has 0 aliphatic carbocycles. The molecule has 0 atom stereocenters. The number of alkyl halides is 2. The van der Waals surface area contributed by atoms with Gasteiger partial charge in [-0.15, -0.1) is 0 Å². The van der Waals surface area contributed by atoms with Gasteiger partial charge in [0.25, 0.3) is 6.43 Å². The van der Waals surface area contributed by atoms with E-state index in [1.165, 1.54) is 6.07 Å². The highest BCUT2D eigenvalue weighted by Crippen LogP contribution is 2.38. The van der Waals surface area contributed by atoms with Gasteiger partial charge >= 0.3 is 0 Å². The molecule has 0 saturated carbocycles. The minimum Gasteiger partial charge on any atom is -0.454 e.